The van der Waals surface area contributed by atoms with Crippen LogP contribution >= 0.6 is 7.82 Å². The first kappa shape index (κ1) is 54.0. The third kappa shape index (κ3) is 43.1. The Labute approximate surface area is 343 Å². The van der Waals surface area contributed by atoms with Crippen LogP contribution in [0, 0.1) is 0 Å². The number of hydrogen-bond acceptors (Lipinski definition) is 7. The average Bonchev–Trinajstić information content (AvgIpc) is 3.13. The highest BCUT2D eigenvalue weighted by atomic mass is 31.2. The Kier molecular flexibility index (Phi) is 37.1. The summed E-state index contributed by atoms with van der Waals surface area (Å²) in [6.07, 6.45) is 46.3. The van der Waals surface area contributed by atoms with E-state index in [1.165, 1.54) is 83.5 Å². The number of ether oxygens (including phenoxy) is 2. The van der Waals surface area contributed by atoms with Crippen LogP contribution in [0.3, 0.4) is 0 Å². The van der Waals surface area contributed by atoms with Gasteiger partial charge in [0, 0.05) is 6.42 Å². The number of phosphoric ester groups is 1. The molecule has 0 aromatic rings. The molecule has 0 aromatic heterocycles. The highest BCUT2D eigenvalue weighted by Gasteiger charge is 2.26. The molecular formula is C46H85NO8P+. The maximum Gasteiger partial charge on any atom is 0.472 e. The standard InChI is InChI=1S/C46H84NO8P/c1-6-7-8-9-10-11-12-13-14-18-21-24-27-30-33-36-40-52-42-45(43-54-56(50,51)53-41-39-47(3,4)5)55-46(49)38-35-32-29-26-23-20-17-15-16-19-22-25-28-31-34-37-44(2)48/h16-17,19-20,25-26,28-29,36,40,44-45,48H,6-15,18,21-24,27,30-35,37-39,41-43H2,1-5H3/p+1/b19-16-,20-17-,28-25-,29-26-,40-36+/t44-,45+/m0/s1. The van der Waals surface area contributed by atoms with Gasteiger partial charge in [0.25, 0.3) is 0 Å². The molecule has 0 spiro atoms. The normalized spacial score (nSPS) is 14.8. The summed E-state index contributed by atoms with van der Waals surface area (Å²) in [6.45, 7) is 4.40. The van der Waals surface area contributed by atoms with E-state index in [1.54, 1.807) is 6.26 Å². The van der Waals surface area contributed by atoms with Gasteiger partial charge in [-0.3, -0.25) is 13.8 Å². The second-order valence-corrected chi connectivity index (χ2v) is 17.5. The summed E-state index contributed by atoms with van der Waals surface area (Å²) < 4.78 is 34.6. The van der Waals surface area contributed by atoms with Crippen LogP contribution < -0.4 is 0 Å². The molecule has 1 unspecified atom stereocenters. The fourth-order valence-corrected chi connectivity index (χ4v) is 6.45. The predicted octanol–water partition coefficient (Wildman–Crippen LogP) is 12.3. The number of hydrogen-bond donors (Lipinski definition) is 2. The number of esters is 1. The van der Waals surface area contributed by atoms with Crippen LogP contribution in [0.15, 0.2) is 60.9 Å². The fraction of sp³-hybridized carbons (Fsp3) is 0.761. The number of carbonyl (C=O) groups is 1. The van der Waals surface area contributed by atoms with Crippen molar-refractivity contribution in [3.63, 3.8) is 0 Å². The van der Waals surface area contributed by atoms with Crippen molar-refractivity contribution in [3.8, 4) is 0 Å². The molecule has 0 rings (SSSR count). The molecule has 326 valence electrons. The van der Waals surface area contributed by atoms with Crippen molar-refractivity contribution < 1.29 is 42.4 Å². The number of unbranched alkanes of at least 4 members (excludes halogenated alkanes) is 16. The SMILES string of the molecule is CCCCCCCCCCCCCCCC/C=C/OC[C@H](COP(=O)(O)OCC[N+](C)(C)C)OC(=O)CCC/C=C\C/C=C\C/C=C\C/C=C\CCC[C@H](C)O. The van der Waals surface area contributed by atoms with E-state index in [1.807, 2.05) is 34.1 Å². The Morgan fingerprint density at radius 1 is 0.643 bits per heavy atom. The smallest absolute Gasteiger partial charge is 0.472 e. The van der Waals surface area contributed by atoms with Gasteiger partial charge in [-0.15, -0.1) is 0 Å². The summed E-state index contributed by atoms with van der Waals surface area (Å²) in [7, 11) is 1.58. The van der Waals surface area contributed by atoms with Crippen LogP contribution in [0.1, 0.15) is 168 Å². The summed E-state index contributed by atoms with van der Waals surface area (Å²) in [5, 5.41) is 9.28. The van der Waals surface area contributed by atoms with Gasteiger partial charge in [0.15, 0.2) is 6.10 Å². The fourth-order valence-electron chi connectivity index (χ4n) is 5.71. The van der Waals surface area contributed by atoms with E-state index < -0.39 is 19.9 Å². The number of aliphatic hydroxyl groups is 1. The molecule has 0 saturated heterocycles. The summed E-state index contributed by atoms with van der Waals surface area (Å²) in [5.74, 6) is -0.401. The Morgan fingerprint density at radius 2 is 1.12 bits per heavy atom. The maximum atomic E-state index is 12.7. The number of rotatable bonds is 40. The van der Waals surface area contributed by atoms with Gasteiger partial charge in [0.2, 0.25) is 0 Å². The minimum atomic E-state index is -4.31. The molecule has 3 atom stereocenters. The quantitative estimate of drug-likeness (QED) is 0.0157. The zero-order valence-corrected chi connectivity index (χ0v) is 37.4. The minimum absolute atomic E-state index is 0.0167. The Bertz CT molecular complexity index is 1100. The molecule has 0 heterocycles. The molecule has 0 aliphatic heterocycles. The van der Waals surface area contributed by atoms with Crippen LogP contribution in [0.5, 0.6) is 0 Å². The molecule has 0 aliphatic carbocycles. The predicted molar refractivity (Wildman–Crippen MR) is 234 cm³/mol. The molecule has 10 heteroatoms. The monoisotopic (exact) mass is 811 g/mol. The highest BCUT2D eigenvalue weighted by Crippen LogP contribution is 2.43. The van der Waals surface area contributed by atoms with E-state index in [9.17, 15) is 19.4 Å². The first-order valence-electron chi connectivity index (χ1n) is 22.1. The minimum Gasteiger partial charge on any atom is -0.498 e. The molecule has 0 bridgehead atoms. The number of quaternary nitrogens is 1. The first-order valence-corrected chi connectivity index (χ1v) is 23.6. The lowest BCUT2D eigenvalue weighted by Gasteiger charge is -2.24. The van der Waals surface area contributed by atoms with Crippen LogP contribution in [0.2, 0.25) is 0 Å². The van der Waals surface area contributed by atoms with E-state index >= 15 is 0 Å². The molecule has 0 amide bonds. The zero-order valence-electron chi connectivity index (χ0n) is 36.5. The second-order valence-electron chi connectivity index (χ2n) is 16.1. The van der Waals surface area contributed by atoms with Crippen LogP contribution in [-0.2, 0) is 27.9 Å². The molecule has 0 aliphatic rings. The molecular weight excluding hydrogens is 725 g/mol. The van der Waals surface area contributed by atoms with Gasteiger partial charge in [0.05, 0.1) is 40.1 Å². The lowest BCUT2D eigenvalue weighted by Crippen LogP contribution is -2.37. The van der Waals surface area contributed by atoms with Gasteiger partial charge in [-0.1, -0.05) is 139 Å². The third-order valence-corrected chi connectivity index (χ3v) is 10.1. The summed E-state index contributed by atoms with van der Waals surface area (Å²) >= 11 is 0. The molecule has 0 radical (unpaired) electrons. The lowest BCUT2D eigenvalue weighted by atomic mass is 10.0. The molecule has 0 fully saturated rings. The van der Waals surface area contributed by atoms with E-state index in [2.05, 4.69) is 55.5 Å². The van der Waals surface area contributed by atoms with E-state index in [4.69, 9.17) is 18.5 Å². The Balaban J connectivity index is 4.39. The molecule has 9 nitrogen and oxygen atoms in total. The Hall–Kier alpha value is -2.00. The van der Waals surface area contributed by atoms with Crippen molar-refractivity contribution in [2.75, 3.05) is 47.5 Å². The summed E-state index contributed by atoms with van der Waals surface area (Å²) in [5.41, 5.74) is 0. The maximum absolute atomic E-state index is 12.7. The van der Waals surface area contributed by atoms with Gasteiger partial charge >= 0.3 is 13.8 Å². The van der Waals surface area contributed by atoms with Crippen molar-refractivity contribution >= 4 is 13.8 Å². The largest absolute Gasteiger partial charge is 0.498 e. The molecule has 56 heavy (non-hydrogen) atoms. The zero-order chi connectivity index (χ0) is 41.4. The van der Waals surface area contributed by atoms with Gasteiger partial charge in [0.1, 0.15) is 19.8 Å². The van der Waals surface area contributed by atoms with Gasteiger partial charge in [-0.2, -0.15) is 0 Å². The first-order chi connectivity index (χ1) is 26.9. The van der Waals surface area contributed by atoms with Gasteiger partial charge < -0.3 is 24.0 Å². The Morgan fingerprint density at radius 3 is 1.64 bits per heavy atom. The summed E-state index contributed by atoms with van der Waals surface area (Å²) in [4.78, 5) is 22.8. The average molecular weight is 811 g/mol. The summed E-state index contributed by atoms with van der Waals surface area (Å²) in [6, 6.07) is 0. The lowest BCUT2D eigenvalue weighted by molar-refractivity contribution is -0.870. The van der Waals surface area contributed by atoms with Crippen LogP contribution in [0.25, 0.3) is 0 Å². The van der Waals surface area contributed by atoms with Gasteiger partial charge in [-0.25, -0.2) is 4.57 Å². The number of aliphatic hydroxyl groups excluding tert-OH is 1. The van der Waals surface area contributed by atoms with Crippen molar-refractivity contribution in [1.82, 2.24) is 0 Å². The topological polar surface area (TPSA) is 112 Å². The van der Waals surface area contributed by atoms with Crippen LogP contribution in [-0.4, -0.2) is 80.2 Å². The second kappa shape index (κ2) is 38.5. The number of likely N-dealkylation sites (N-methyl/N-ethyl adjacent to an activating group) is 1. The number of carbonyl (C=O) groups excluding carboxylic acids is 1. The van der Waals surface area contributed by atoms with Crippen molar-refractivity contribution in [2.24, 2.45) is 0 Å². The molecule has 2 N–H and O–H groups in total. The van der Waals surface area contributed by atoms with Crippen molar-refractivity contribution in [2.45, 2.75) is 180 Å². The third-order valence-electron chi connectivity index (χ3n) is 9.16. The van der Waals surface area contributed by atoms with Crippen molar-refractivity contribution in [3.05, 3.63) is 60.9 Å². The highest BCUT2D eigenvalue weighted by molar-refractivity contribution is 7.47. The molecule has 0 saturated carbocycles. The van der Waals surface area contributed by atoms with Gasteiger partial charge in [-0.05, 0) is 77.2 Å². The van der Waals surface area contributed by atoms with Crippen LogP contribution in [0.4, 0.5) is 0 Å². The van der Waals surface area contributed by atoms with Crippen molar-refractivity contribution in [1.29, 1.82) is 0 Å². The van der Waals surface area contributed by atoms with E-state index in [0.717, 1.165) is 57.8 Å². The van der Waals surface area contributed by atoms with E-state index in [0.29, 0.717) is 17.4 Å². The number of allylic oxidation sites excluding steroid dienone is 9. The number of nitrogens with zero attached hydrogens (tertiary/aromatic N) is 1. The number of phosphoric acid groups is 1. The molecule has 0 aromatic carbocycles. The van der Waals surface area contributed by atoms with E-state index in [-0.39, 0.29) is 32.3 Å².